The lowest BCUT2D eigenvalue weighted by Gasteiger charge is -2.27. The number of aromatic hydroxyl groups is 1. The van der Waals surface area contributed by atoms with Crippen LogP contribution in [-0.2, 0) is 0 Å². The van der Waals surface area contributed by atoms with Gasteiger partial charge in [-0.25, -0.2) is 0 Å². The Bertz CT molecular complexity index is 379. The predicted molar refractivity (Wildman–Crippen MR) is 75.2 cm³/mol. The summed E-state index contributed by atoms with van der Waals surface area (Å²) in [5, 5.41) is 9.60. The summed E-state index contributed by atoms with van der Waals surface area (Å²) < 4.78 is 5.15. The van der Waals surface area contributed by atoms with Crippen LogP contribution in [0.1, 0.15) is 38.8 Å². The number of nitrogens with zero attached hydrogens (tertiary/aromatic N) is 1. The van der Waals surface area contributed by atoms with Crippen molar-refractivity contribution < 1.29 is 9.84 Å². The molecule has 1 aromatic rings. The van der Waals surface area contributed by atoms with Gasteiger partial charge in [-0.3, -0.25) is 4.90 Å². The van der Waals surface area contributed by atoms with Gasteiger partial charge in [-0.05, 0) is 37.6 Å². The highest BCUT2D eigenvalue weighted by molar-refractivity contribution is 5.42. The van der Waals surface area contributed by atoms with Crippen LogP contribution in [0, 0.1) is 5.92 Å². The molecule has 0 amide bonds. The summed E-state index contributed by atoms with van der Waals surface area (Å²) in [4.78, 5) is 2.33. The van der Waals surface area contributed by atoms with Crippen molar-refractivity contribution in [2.45, 2.75) is 33.2 Å². The largest absolute Gasteiger partial charge is 0.504 e. The fraction of sp³-hybridized carbons (Fsp3) is 0.600. The average molecular weight is 251 g/mol. The molecule has 2 atom stereocenters. The lowest BCUT2D eigenvalue weighted by Crippen LogP contribution is -2.27. The number of methoxy groups -OCH3 is 1. The van der Waals surface area contributed by atoms with Gasteiger partial charge in [0, 0.05) is 12.6 Å². The van der Waals surface area contributed by atoms with E-state index >= 15 is 0 Å². The van der Waals surface area contributed by atoms with Crippen molar-refractivity contribution >= 4 is 0 Å². The Morgan fingerprint density at radius 3 is 2.56 bits per heavy atom. The van der Waals surface area contributed by atoms with Crippen LogP contribution in [0.4, 0.5) is 0 Å². The zero-order valence-electron chi connectivity index (χ0n) is 12.1. The molecule has 0 bridgehead atoms. The van der Waals surface area contributed by atoms with Crippen LogP contribution < -0.4 is 4.74 Å². The minimum atomic E-state index is 0.193. The Labute approximate surface area is 110 Å². The lowest BCUT2D eigenvalue weighted by molar-refractivity contribution is 0.223. The fourth-order valence-corrected chi connectivity index (χ4v) is 1.99. The van der Waals surface area contributed by atoms with Gasteiger partial charge in [0.25, 0.3) is 0 Å². The number of phenols is 1. The number of hydrogen-bond donors (Lipinski definition) is 1. The molecule has 18 heavy (non-hydrogen) atoms. The molecule has 0 aromatic heterocycles. The Morgan fingerprint density at radius 1 is 1.33 bits per heavy atom. The number of benzene rings is 1. The summed E-state index contributed by atoms with van der Waals surface area (Å²) in [5.74, 6) is 1.42. The normalized spacial score (nSPS) is 14.6. The van der Waals surface area contributed by atoms with Gasteiger partial charge < -0.3 is 9.84 Å². The summed E-state index contributed by atoms with van der Waals surface area (Å²) in [6, 6.07) is 5.87. The van der Waals surface area contributed by atoms with Crippen molar-refractivity contribution in [2.75, 3.05) is 20.7 Å². The van der Waals surface area contributed by atoms with Crippen molar-refractivity contribution in [3.05, 3.63) is 23.8 Å². The van der Waals surface area contributed by atoms with E-state index in [0.29, 0.717) is 17.7 Å². The third-order valence-electron chi connectivity index (χ3n) is 3.64. The molecule has 0 radical (unpaired) electrons. The Kier molecular flexibility index (Phi) is 5.48. The maximum Gasteiger partial charge on any atom is 0.160 e. The topological polar surface area (TPSA) is 32.7 Å². The van der Waals surface area contributed by atoms with Crippen LogP contribution in [0.5, 0.6) is 11.5 Å². The highest BCUT2D eigenvalue weighted by Crippen LogP contribution is 2.30. The highest BCUT2D eigenvalue weighted by atomic mass is 16.5. The zero-order valence-corrected chi connectivity index (χ0v) is 12.1. The second-order valence-electron chi connectivity index (χ2n) is 5.06. The van der Waals surface area contributed by atoms with Gasteiger partial charge in [0.15, 0.2) is 11.5 Å². The molecule has 0 aliphatic carbocycles. The molecule has 1 rings (SSSR count). The third kappa shape index (κ3) is 3.64. The van der Waals surface area contributed by atoms with E-state index in [2.05, 4.69) is 32.7 Å². The van der Waals surface area contributed by atoms with Gasteiger partial charge in [-0.15, -0.1) is 0 Å². The van der Waals surface area contributed by atoms with Crippen molar-refractivity contribution in [1.82, 2.24) is 4.90 Å². The van der Waals surface area contributed by atoms with Gasteiger partial charge in [0.05, 0.1) is 7.11 Å². The predicted octanol–water partition coefficient (Wildman–Crippen LogP) is 3.44. The van der Waals surface area contributed by atoms with Crippen LogP contribution >= 0.6 is 0 Å². The second-order valence-corrected chi connectivity index (χ2v) is 5.06. The van der Waals surface area contributed by atoms with Crippen LogP contribution in [-0.4, -0.2) is 30.7 Å². The van der Waals surface area contributed by atoms with E-state index in [0.717, 1.165) is 12.1 Å². The maximum absolute atomic E-state index is 9.60. The van der Waals surface area contributed by atoms with Crippen molar-refractivity contribution in [3.8, 4) is 11.5 Å². The molecule has 0 aliphatic heterocycles. The molecule has 3 heteroatoms. The highest BCUT2D eigenvalue weighted by Gasteiger charge is 2.15. The van der Waals surface area contributed by atoms with Crippen molar-refractivity contribution in [2.24, 2.45) is 5.92 Å². The van der Waals surface area contributed by atoms with Crippen molar-refractivity contribution in [1.29, 1.82) is 0 Å². The van der Waals surface area contributed by atoms with Gasteiger partial charge in [-0.1, -0.05) is 26.3 Å². The summed E-state index contributed by atoms with van der Waals surface area (Å²) in [6.07, 6.45) is 1.19. The first-order chi connectivity index (χ1) is 8.49. The van der Waals surface area contributed by atoms with Crippen LogP contribution in [0.2, 0.25) is 0 Å². The number of phenolic OH excluding ortho intramolecular Hbond substituents is 1. The van der Waals surface area contributed by atoms with Gasteiger partial charge in [-0.2, -0.15) is 0 Å². The SMILES string of the molecule is CCC(C)CN(C)C(C)c1ccc(O)c(OC)c1. The van der Waals surface area contributed by atoms with Crippen molar-refractivity contribution in [3.63, 3.8) is 0 Å². The molecule has 0 saturated carbocycles. The van der Waals surface area contributed by atoms with E-state index in [1.54, 1.807) is 13.2 Å². The molecular formula is C15H25NO2. The Hall–Kier alpha value is -1.22. The second kappa shape index (κ2) is 6.64. The molecule has 1 N–H and O–H groups in total. The summed E-state index contributed by atoms with van der Waals surface area (Å²) in [7, 11) is 3.71. The monoisotopic (exact) mass is 251 g/mol. The van der Waals surface area contributed by atoms with E-state index in [9.17, 15) is 5.11 Å². The molecular weight excluding hydrogens is 226 g/mol. The molecule has 0 spiro atoms. The molecule has 102 valence electrons. The summed E-state index contributed by atoms with van der Waals surface area (Å²) >= 11 is 0. The Morgan fingerprint density at radius 2 is 2.00 bits per heavy atom. The van der Waals surface area contributed by atoms with Gasteiger partial charge in [0.2, 0.25) is 0 Å². The minimum absolute atomic E-state index is 0.193. The average Bonchev–Trinajstić information content (AvgIpc) is 2.38. The molecule has 0 fully saturated rings. The number of ether oxygens (including phenoxy) is 1. The molecule has 2 unspecified atom stereocenters. The molecule has 0 heterocycles. The maximum atomic E-state index is 9.60. The van der Waals surface area contributed by atoms with E-state index in [4.69, 9.17) is 4.74 Å². The van der Waals surface area contributed by atoms with Crippen LogP contribution in [0.15, 0.2) is 18.2 Å². The van der Waals surface area contributed by atoms with Crippen LogP contribution in [0.25, 0.3) is 0 Å². The summed E-state index contributed by atoms with van der Waals surface area (Å²) in [6.45, 7) is 7.72. The number of hydrogen-bond acceptors (Lipinski definition) is 3. The third-order valence-corrected chi connectivity index (χ3v) is 3.64. The van der Waals surface area contributed by atoms with E-state index in [-0.39, 0.29) is 5.75 Å². The van der Waals surface area contributed by atoms with Gasteiger partial charge >= 0.3 is 0 Å². The zero-order chi connectivity index (χ0) is 13.7. The molecule has 1 aromatic carbocycles. The summed E-state index contributed by atoms with van der Waals surface area (Å²) in [5.41, 5.74) is 1.16. The van der Waals surface area contributed by atoms with E-state index in [1.807, 2.05) is 12.1 Å². The number of rotatable bonds is 6. The van der Waals surface area contributed by atoms with Gasteiger partial charge in [0.1, 0.15) is 0 Å². The standard InChI is InChI=1S/C15H25NO2/c1-6-11(2)10-16(4)12(3)13-7-8-14(17)15(9-13)18-5/h7-9,11-12,17H,6,10H2,1-5H3. The van der Waals surface area contributed by atoms with E-state index < -0.39 is 0 Å². The quantitative estimate of drug-likeness (QED) is 0.840. The fourth-order valence-electron chi connectivity index (χ4n) is 1.99. The lowest BCUT2D eigenvalue weighted by atomic mass is 10.0. The first-order valence-corrected chi connectivity index (χ1v) is 6.56. The van der Waals surface area contributed by atoms with Crippen LogP contribution in [0.3, 0.4) is 0 Å². The molecule has 3 nitrogen and oxygen atoms in total. The molecule has 0 aliphatic rings. The molecule has 0 saturated heterocycles. The van der Waals surface area contributed by atoms with E-state index in [1.165, 1.54) is 6.42 Å². The Balaban J connectivity index is 2.79. The smallest absolute Gasteiger partial charge is 0.160 e. The minimum Gasteiger partial charge on any atom is -0.504 e. The first-order valence-electron chi connectivity index (χ1n) is 6.56. The first kappa shape index (κ1) is 14.8.